The lowest BCUT2D eigenvalue weighted by molar-refractivity contribution is -0.122. The van der Waals surface area contributed by atoms with E-state index in [4.69, 9.17) is 4.42 Å². The lowest BCUT2D eigenvalue weighted by atomic mass is 10.2. The van der Waals surface area contributed by atoms with Gasteiger partial charge in [0.1, 0.15) is 16.8 Å². The number of amidine groups is 1. The Morgan fingerprint density at radius 1 is 1.36 bits per heavy atom. The normalized spacial score (nSPS) is 18.7. The molecule has 2 amide bonds. The summed E-state index contributed by atoms with van der Waals surface area (Å²) in [5, 5.41) is 12.3. The monoisotopic (exact) mass is 360 g/mol. The van der Waals surface area contributed by atoms with Crippen molar-refractivity contribution in [3.63, 3.8) is 0 Å². The van der Waals surface area contributed by atoms with Crippen LogP contribution in [0.15, 0.2) is 57.3 Å². The first-order valence-electron chi connectivity index (χ1n) is 7.28. The molecule has 1 aliphatic rings. The number of carbonyl (C=O) groups excluding carboxylic acids is 2. The number of halogens is 1. The van der Waals surface area contributed by atoms with Crippen LogP contribution in [0.4, 0.5) is 10.1 Å². The molecule has 1 saturated heterocycles. The third-order valence-electron chi connectivity index (χ3n) is 3.17. The van der Waals surface area contributed by atoms with E-state index in [1.807, 2.05) is 0 Å². The number of nitrogens with zero attached hydrogens (tertiary/aromatic N) is 2. The SMILES string of the molecule is O=C(C[C@@H]1S/C(=N/N=C\c2ccco2)NC1=O)Nc1ccccc1F. The summed E-state index contributed by atoms with van der Waals surface area (Å²) in [5.41, 5.74) is 0.0767. The van der Waals surface area contributed by atoms with Gasteiger partial charge in [0.2, 0.25) is 11.8 Å². The van der Waals surface area contributed by atoms with Crippen LogP contribution in [0.3, 0.4) is 0 Å². The van der Waals surface area contributed by atoms with Crippen molar-refractivity contribution in [1.82, 2.24) is 5.32 Å². The van der Waals surface area contributed by atoms with Crippen LogP contribution in [0.2, 0.25) is 0 Å². The second kappa shape index (κ2) is 7.75. The Bertz CT molecular complexity index is 836. The molecule has 1 aromatic heterocycles. The van der Waals surface area contributed by atoms with Gasteiger partial charge in [0.15, 0.2) is 5.17 Å². The summed E-state index contributed by atoms with van der Waals surface area (Å²) >= 11 is 1.09. The first-order chi connectivity index (χ1) is 12.1. The quantitative estimate of drug-likeness (QED) is 0.632. The van der Waals surface area contributed by atoms with Crippen LogP contribution in [0.25, 0.3) is 0 Å². The second-order valence-electron chi connectivity index (χ2n) is 4.99. The van der Waals surface area contributed by atoms with Crippen molar-refractivity contribution in [1.29, 1.82) is 0 Å². The number of amides is 2. The van der Waals surface area contributed by atoms with Crippen LogP contribution in [0, 0.1) is 5.82 Å². The van der Waals surface area contributed by atoms with Gasteiger partial charge in [0.05, 0.1) is 18.2 Å². The number of benzene rings is 1. The average molecular weight is 360 g/mol. The Morgan fingerprint density at radius 2 is 2.20 bits per heavy atom. The molecule has 2 N–H and O–H groups in total. The maximum atomic E-state index is 13.5. The van der Waals surface area contributed by atoms with Crippen molar-refractivity contribution in [2.75, 3.05) is 5.32 Å². The first kappa shape index (κ1) is 16.9. The van der Waals surface area contributed by atoms with Gasteiger partial charge in [0, 0.05) is 6.42 Å². The van der Waals surface area contributed by atoms with Crippen LogP contribution < -0.4 is 10.6 Å². The largest absolute Gasteiger partial charge is 0.463 e. The van der Waals surface area contributed by atoms with Crippen LogP contribution >= 0.6 is 11.8 Å². The minimum atomic E-state index is -0.649. The Morgan fingerprint density at radius 3 is 2.96 bits per heavy atom. The molecule has 0 bridgehead atoms. The van der Waals surface area contributed by atoms with E-state index in [0.29, 0.717) is 5.76 Å². The molecule has 1 fully saturated rings. The van der Waals surface area contributed by atoms with E-state index in [1.54, 1.807) is 18.2 Å². The number of furan rings is 1. The molecule has 2 heterocycles. The highest BCUT2D eigenvalue weighted by atomic mass is 32.2. The van der Waals surface area contributed by atoms with Gasteiger partial charge in [-0.05, 0) is 24.3 Å². The summed E-state index contributed by atoms with van der Waals surface area (Å²) < 4.78 is 18.6. The Labute approximate surface area is 146 Å². The fourth-order valence-electron chi connectivity index (χ4n) is 2.02. The molecular formula is C16H13FN4O3S. The number of para-hydroxylation sites is 1. The van der Waals surface area contributed by atoms with E-state index < -0.39 is 17.0 Å². The fourth-order valence-corrected chi connectivity index (χ4v) is 2.95. The van der Waals surface area contributed by atoms with Crippen LogP contribution in [0.1, 0.15) is 12.2 Å². The van der Waals surface area contributed by atoms with E-state index >= 15 is 0 Å². The number of hydrogen-bond donors (Lipinski definition) is 2. The molecule has 0 unspecified atom stereocenters. The second-order valence-corrected chi connectivity index (χ2v) is 6.18. The van der Waals surface area contributed by atoms with Crippen molar-refractivity contribution in [2.45, 2.75) is 11.7 Å². The van der Waals surface area contributed by atoms with Crippen LogP contribution in [0.5, 0.6) is 0 Å². The number of nitrogens with one attached hydrogen (secondary N) is 2. The molecule has 128 valence electrons. The summed E-state index contributed by atoms with van der Waals surface area (Å²) in [6.07, 6.45) is 2.80. The minimum absolute atomic E-state index is 0.0767. The lowest BCUT2D eigenvalue weighted by Crippen LogP contribution is -2.28. The molecule has 0 saturated carbocycles. The van der Waals surface area contributed by atoms with Gasteiger partial charge in [-0.3, -0.25) is 9.59 Å². The lowest BCUT2D eigenvalue weighted by Gasteiger charge is -2.07. The highest BCUT2D eigenvalue weighted by molar-refractivity contribution is 8.15. The molecule has 3 rings (SSSR count). The predicted octanol–water partition coefficient (Wildman–Crippen LogP) is 2.37. The summed E-state index contributed by atoms with van der Waals surface area (Å²) in [4.78, 5) is 23.9. The van der Waals surface area contributed by atoms with E-state index in [0.717, 1.165) is 11.8 Å². The standard InChI is InChI=1S/C16H13FN4O3S/c17-11-5-1-2-6-12(11)19-14(22)8-13-15(23)20-16(25-13)21-18-9-10-4-3-7-24-10/h1-7,9,13H,8H2,(H,19,22)(H,20,21,23)/b18-9-/t13-/m0/s1. The minimum Gasteiger partial charge on any atom is -0.463 e. The smallest absolute Gasteiger partial charge is 0.240 e. The highest BCUT2D eigenvalue weighted by Gasteiger charge is 2.32. The van der Waals surface area contributed by atoms with Gasteiger partial charge in [-0.25, -0.2) is 4.39 Å². The third-order valence-corrected chi connectivity index (χ3v) is 4.24. The van der Waals surface area contributed by atoms with Gasteiger partial charge < -0.3 is 15.1 Å². The molecule has 0 radical (unpaired) electrons. The molecule has 7 nitrogen and oxygen atoms in total. The third kappa shape index (κ3) is 4.54. The predicted molar refractivity (Wildman–Crippen MR) is 92.9 cm³/mol. The molecule has 1 aliphatic heterocycles. The van der Waals surface area contributed by atoms with Gasteiger partial charge in [-0.2, -0.15) is 5.10 Å². The summed E-state index contributed by atoms with van der Waals surface area (Å²) in [6, 6.07) is 9.25. The Kier molecular flexibility index (Phi) is 5.24. The maximum absolute atomic E-state index is 13.5. The zero-order chi connectivity index (χ0) is 17.6. The topological polar surface area (TPSA) is 96.1 Å². The number of hydrogen-bond acceptors (Lipinski definition) is 6. The number of carbonyl (C=O) groups is 2. The van der Waals surface area contributed by atoms with E-state index in [9.17, 15) is 14.0 Å². The molecule has 1 aromatic carbocycles. The van der Waals surface area contributed by atoms with Gasteiger partial charge in [0.25, 0.3) is 0 Å². The van der Waals surface area contributed by atoms with E-state index in [1.165, 1.54) is 30.7 Å². The molecule has 2 aromatic rings. The van der Waals surface area contributed by atoms with E-state index in [-0.39, 0.29) is 23.2 Å². The van der Waals surface area contributed by atoms with Gasteiger partial charge >= 0.3 is 0 Å². The fraction of sp³-hybridized carbons (Fsp3) is 0.125. The van der Waals surface area contributed by atoms with Crippen LogP contribution in [-0.4, -0.2) is 28.4 Å². The van der Waals surface area contributed by atoms with Crippen LogP contribution in [-0.2, 0) is 9.59 Å². The number of rotatable bonds is 5. The Hall–Kier alpha value is -2.94. The van der Waals surface area contributed by atoms with Crippen molar-refractivity contribution >= 4 is 40.6 Å². The molecule has 25 heavy (non-hydrogen) atoms. The number of anilines is 1. The molecule has 9 heteroatoms. The number of thioether (sulfide) groups is 1. The van der Waals surface area contributed by atoms with Gasteiger partial charge in [-0.15, -0.1) is 5.10 Å². The zero-order valence-corrected chi connectivity index (χ0v) is 13.6. The van der Waals surface area contributed by atoms with Crippen molar-refractivity contribution in [3.05, 3.63) is 54.2 Å². The summed E-state index contributed by atoms with van der Waals surface area (Å²) in [6.45, 7) is 0. The first-order valence-corrected chi connectivity index (χ1v) is 8.16. The maximum Gasteiger partial charge on any atom is 0.240 e. The van der Waals surface area contributed by atoms with E-state index in [2.05, 4.69) is 20.8 Å². The summed E-state index contributed by atoms with van der Waals surface area (Å²) in [5.74, 6) is -0.813. The molecular weight excluding hydrogens is 347 g/mol. The van der Waals surface area contributed by atoms with Crippen molar-refractivity contribution in [2.24, 2.45) is 10.2 Å². The average Bonchev–Trinajstić information content (AvgIpc) is 3.20. The van der Waals surface area contributed by atoms with Gasteiger partial charge in [-0.1, -0.05) is 23.9 Å². The van der Waals surface area contributed by atoms with Crippen molar-refractivity contribution < 1.29 is 18.4 Å². The molecule has 0 spiro atoms. The zero-order valence-electron chi connectivity index (χ0n) is 12.8. The molecule has 0 aliphatic carbocycles. The highest BCUT2D eigenvalue weighted by Crippen LogP contribution is 2.23. The Balaban J connectivity index is 1.55. The molecule has 1 atom stereocenters. The summed E-state index contributed by atoms with van der Waals surface area (Å²) in [7, 11) is 0. The van der Waals surface area contributed by atoms with Crippen molar-refractivity contribution in [3.8, 4) is 0 Å².